The van der Waals surface area contributed by atoms with Crippen molar-refractivity contribution in [2.24, 2.45) is 0 Å². The molecular weight excluding hydrogens is 481 g/mol. The van der Waals surface area contributed by atoms with Crippen molar-refractivity contribution >= 4 is 52.2 Å². The Balaban J connectivity index is 1.29. The summed E-state index contributed by atoms with van der Waals surface area (Å²) in [6, 6.07) is 8.29. The molecule has 0 radical (unpaired) electrons. The van der Waals surface area contributed by atoms with Crippen LogP contribution < -0.4 is 5.56 Å². The van der Waals surface area contributed by atoms with Gasteiger partial charge in [0, 0.05) is 21.1 Å². The third kappa shape index (κ3) is 5.75. The number of carboxylic acids is 1. The average Bonchev–Trinajstić information content (AvgIpc) is 3.54. The van der Waals surface area contributed by atoms with E-state index in [1.165, 1.54) is 26.4 Å². The van der Waals surface area contributed by atoms with Crippen molar-refractivity contribution in [2.45, 2.75) is 49.4 Å². The normalized spacial score (nSPS) is 15.8. The first-order valence-corrected chi connectivity index (χ1v) is 14.0. The van der Waals surface area contributed by atoms with E-state index in [4.69, 9.17) is 10.1 Å². The van der Waals surface area contributed by atoms with Gasteiger partial charge in [-0.2, -0.15) is 0 Å². The number of H-pyrrole nitrogens is 1. The summed E-state index contributed by atoms with van der Waals surface area (Å²) < 4.78 is 0. The van der Waals surface area contributed by atoms with Crippen molar-refractivity contribution in [1.82, 2.24) is 9.97 Å². The molecule has 5 nitrogen and oxygen atoms in total. The molecule has 0 aromatic carbocycles. The first-order valence-electron chi connectivity index (χ1n) is 10.5. The van der Waals surface area contributed by atoms with Crippen molar-refractivity contribution in [1.29, 1.82) is 0 Å². The van der Waals surface area contributed by atoms with Crippen LogP contribution in [0.1, 0.15) is 37.7 Å². The number of hydrogen-bond acceptors (Lipinski definition) is 7. The molecule has 1 unspecified atom stereocenters. The molecule has 1 aliphatic heterocycles. The number of thioether (sulfide) groups is 2. The van der Waals surface area contributed by atoms with E-state index in [1.54, 1.807) is 34.4 Å². The van der Waals surface area contributed by atoms with Crippen LogP contribution in [0.15, 0.2) is 50.6 Å². The molecule has 0 aliphatic carbocycles. The summed E-state index contributed by atoms with van der Waals surface area (Å²) in [4.78, 5) is 35.8. The van der Waals surface area contributed by atoms with Gasteiger partial charge in [0.15, 0.2) is 5.16 Å². The Morgan fingerprint density at radius 1 is 1.22 bits per heavy atom. The van der Waals surface area contributed by atoms with E-state index in [9.17, 15) is 9.59 Å². The summed E-state index contributed by atoms with van der Waals surface area (Å²) in [5.74, 6) is 0.169. The molecular formula is C23H24N2O3S4. The maximum Gasteiger partial charge on any atom is 0.317 e. The highest BCUT2D eigenvalue weighted by molar-refractivity contribution is 8.04. The van der Waals surface area contributed by atoms with Crippen molar-refractivity contribution < 1.29 is 9.90 Å². The van der Waals surface area contributed by atoms with Crippen molar-refractivity contribution in [2.75, 3.05) is 5.75 Å². The lowest BCUT2D eigenvalue weighted by Gasteiger charge is -2.07. The van der Waals surface area contributed by atoms with Crippen molar-refractivity contribution in [3.05, 3.63) is 56.5 Å². The Hall–Kier alpha value is -1.81. The van der Waals surface area contributed by atoms with E-state index in [1.807, 2.05) is 19.1 Å². The SMILES string of the molecule is Cc1c(-c2ccc(-c3cccs3)s2)nc(SCCCCCC2=CCC(C(=O)O)S2)[nH]c1=O. The summed E-state index contributed by atoms with van der Waals surface area (Å²) in [5, 5.41) is 11.5. The van der Waals surface area contributed by atoms with Gasteiger partial charge in [-0.3, -0.25) is 9.59 Å². The van der Waals surface area contributed by atoms with Crippen LogP contribution in [0.25, 0.3) is 20.3 Å². The minimum atomic E-state index is -0.720. The molecule has 4 rings (SSSR count). The maximum atomic E-state index is 12.5. The highest BCUT2D eigenvalue weighted by atomic mass is 32.2. The zero-order chi connectivity index (χ0) is 22.5. The second-order valence-electron chi connectivity index (χ2n) is 7.50. The Bertz CT molecular complexity index is 1160. The second kappa shape index (κ2) is 10.9. The first kappa shape index (κ1) is 23.4. The number of allylic oxidation sites excluding steroid dienone is 2. The zero-order valence-corrected chi connectivity index (χ0v) is 20.9. The van der Waals surface area contributed by atoms with Gasteiger partial charge in [-0.15, -0.1) is 34.4 Å². The molecule has 4 heterocycles. The van der Waals surface area contributed by atoms with Gasteiger partial charge in [0.25, 0.3) is 5.56 Å². The van der Waals surface area contributed by atoms with Crippen molar-refractivity contribution in [3.63, 3.8) is 0 Å². The molecule has 0 spiro atoms. The molecule has 9 heteroatoms. The molecule has 1 aliphatic rings. The number of aliphatic carboxylic acids is 1. The molecule has 2 N–H and O–H groups in total. The van der Waals surface area contributed by atoms with Gasteiger partial charge in [-0.1, -0.05) is 30.3 Å². The number of carboxylic acid groups (broad SMARTS) is 1. The number of aromatic amines is 1. The molecule has 0 fully saturated rings. The molecule has 0 amide bonds. The van der Waals surface area contributed by atoms with Crippen LogP contribution in [-0.2, 0) is 4.79 Å². The molecule has 0 saturated carbocycles. The highest BCUT2D eigenvalue weighted by Gasteiger charge is 2.23. The minimum Gasteiger partial charge on any atom is -0.480 e. The number of carbonyl (C=O) groups is 1. The standard InChI is InChI=1S/C23H24N2O3S4/c1-14-20(18-11-10-17(32-18)16-7-5-13-29-16)24-23(25-21(14)26)30-12-4-2-3-6-15-8-9-19(31-15)22(27)28/h5,7-8,10-11,13,19H,2-4,6,9,12H2,1H3,(H,27,28)(H,24,25,26). The number of hydrogen-bond donors (Lipinski definition) is 2. The fraction of sp³-hybridized carbons (Fsp3) is 0.348. The van der Waals surface area contributed by atoms with Gasteiger partial charge < -0.3 is 10.1 Å². The van der Waals surface area contributed by atoms with Crippen LogP contribution in [0.5, 0.6) is 0 Å². The molecule has 0 saturated heterocycles. The average molecular weight is 505 g/mol. The second-order valence-corrected chi connectivity index (χ2v) is 11.9. The third-order valence-corrected chi connectivity index (χ3v) is 9.64. The molecule has 3 aromatic rings. The topological polar surface area (TPSA) is 83.0 Å². The fourth-order valence-electron chi connectivity index (χ4n) is 3.41. The van der Waals surface area contributed by atoms with Crippen LogP contribution in [0.2, 0.25) is 0 Å². The third-order valence-electron chi connectivity index (χ3n) is 5.17. The van der Waals surface area contributed by atoms with Crippen LogP contribution in [0.4, 0.5) is 0 Å². The van der Waals surface area contributed by atoms with E-state index in [0.29, 0.717) is 17.1 Å². The van der Waals surface area contributed by atoms with E-state index in [-0.39, 0.29) is 10.8 Å². The van der Waals surface area contributed by atoms with Crippen LogP contribution in [0, 0.1) is 6.92 Å². The van der Waals surface area contributed by atoms with Gasteiger partial charge >= 0.3 is 5.97 Å². The first-order chi connectivity index (χ1) is 15.5. The molecule has 3 aromatic heterocycles. The van der Waals surface area contributed by atoms with Gasteiger partial charge in [0.05, 0.1) is 10.6 Å². The summed E-state index contributed by atoms with van der Waals surface area (Å²) in [7, 11) is 0. The van der Waals surface area contributed by atoms with E-state index < -0.39 is 5.97 Å². The minimum absolute atomic E-state index is 0.0817. The monoisotopic (exact) mass is 504 g/mol. The molecule has 0 bridgehead atoms. The van der Waals surface area contributed by atoms with Gasteiger partial charge in [-0.25, -0.2) is 4.98 Å². The lowest BCUT2D eigenvalue weighted by molar-refractivity contribution is -0.136. The van der Waals surface area contributed by atoms with Crippen LogP contribution in [-0.4, -0.2) is 32.0 Å². The largest absolute Gasteiger partial charge is 0.480 e. The van der Waals surface area contributed by atoms with E-state index in [0.717, 1.165) is 42.0 Å². The summed E-state index contributed by atoms with van der Waals surface area (Å²) in [6.45, 7) is 1.82. The van der Waals surface area contributed by atoms with E-state index in [2.05, 4.69) is 28.6 Å². The van der Waals surface area contributed by atoms with E-state index >= 15 is 0 Å². The van der Waals surface area contributed by atoms with Crippen LogP contribution >= 0.6 is 46.2 Å². The maximum absolute atomic E-state index is 12.5. The lowest BCUT2D eigenvalue weighted by atomic mass is 10.2. The number of aromatic nitrogens is 2. The predicted octanol–water partition coefficient (Wildman–Crippen LogP) is 6.66. The van der Waals surface area contributed by atoms with Crippen LogP contribution in [0.3, 0.4) is 0 Å². The number of nitrogens with zero attached hydrogens (tertiary/aromatic N) is 1. The van der Waals surface area contributed by atoms with Gasteiger partial charge in [-0.05, 0) is 61.1 Å². The zero-order valence-electron chi connectivity index (χ0n) is 17.6. The molecule has 168 valence electrons. The smallest absolute Gasteiger partial charge is 0.317 e. The molecule has 32 heavy (non-hydrogen) atoms. The number of rotatable bonds is 10. The van der Waals surface area contributed by atoms with Gasteiger partial charge in [0.1, 0.15) is 5.25 Å². The Kier molecular flexibility index (Phi) is 7.93. The highest BCUT2D eigenvalue weighted by Crippen LogP contribution is 2.37. The Labute approximate surface area is 203 Å². The molecule has 1 atom stereocenters. The number of nitrogens with one attached hydrogen (secondary N) is 1. The lowest BCUT2D eigenvalue weighted by Crippen LogP contribution is -2.13. The van der Waals surface area contributed by atoms with Gasteiger partial charge in [0.2, 0.25) is 0 Å². The Morgan fingerprint density at radius 3 is 2.81 bits per heavy atom. The summed E-state index contributed by atoms with van der Waals surface area (Å²) in [6.07, 6.45) is 6.80. The summed E-state index contributed by atoms with van der Waals surface area (Å²) >= 11 is 6.45. The Morgan fingerprint density at radius 2 is 2.06 bits per heavy atom. The number of unbranched alkanes of at least 4 members (excludes halogenated alkanes) is 2. The predicted molar refractivity (Wildman–Crippen MR) is 137 cm³/mol. The number of thiophene rings is 2. The summed E-state index contributed by atoms with van der Waals surface area (Å²) in [5.41, 5.74) is 1.33. The quantitative estimate of drug-likeness (QED) is 0.182. The van der Waals surface area contributed by atoms with Crippen molar-refractivity contribution in [3.8, 4) is 20.3 Å². The fourth-order valence-corrected chi connectivity index (χ4v) is 7.28.